The topological polar surface area (TPSA) is 12.0 Å². The van der Waals surface area contributed by atoms with Gasteiger partial charge in [0.15, 0.2) is 0 Å². The van der Waals surface area contributed by atoms with Crippen LogP contribution in [0, 0.1) is 13.8 Å². The van der Waals surface area contributed by atoms with Gasteiger partial charge >= 0.3 is 0 Å². The predicted molar refractivity (Wildman–Crippen MR) is 84.9 cm³/mol. The average molecular weight is 271 g/mol. The summed E-state index contributed by atoms with van der Waals surface area (Å²) in [4.78, 5) is 1.38. The number of benzene rings is 2. The molecule has 100 valence electrons. The summed E-state index contributed by atoms with van der Waals surface area (Å²) >= 11 is 1.92. The van der Waals surface area contributed by atoms with Gasteiger partial charge in [-0.3, -0.25) is 0 Å². The van der Waals surface area contributed by atoms with Crippen LogP contribution in [0.15, 0.2) is 53.4 Å². The van der Waals surface area contributed by atoms with Gasteiger partial charge in [-0.2, -0.15) is 0 Å². The fourth-order valence-electron chi connectivity index (χ4n) is 2.17. The predicted octanol–water partition coefficient (Wildman–Crippen LogP) is 4.36. The normalized spacial score (nSPS) is 12.4. The van der Waals surface area contributed by atoms with E-state index in [4.69, 9.17) is 0 Å². The molecule has 0 fully saturated rings. The second-order valence-corrected chi connectivity index (χ2v) is 5.89. The van der Waals surface area contributed by atoms with E-state index >= 15 is 0 Å². The summed E-state index contributed by atoms with van der Waals surface area (Å²) in [5.41, 5.74) is 4.05. The van der Waals surface area contributed by atoms with Crippen molar-refractivity contribution in [1.29, 1.82) is 0 Å². The van der Waals surface area contributed by atoms with Crippen LogP contribution in [-0.2, 0) is 0 Å². The summed E-state index contributed by atoms with van der Waals surface area (Å²) in [6, 6.07) is 17.7. The molecule has 2 aromatic rings. The molecule has 2 aromatic carbocycles. The number of nitrogens with one attached hydrogen (secondary N) is 1. The minimum Gasteiger partial charge on any atom is -0.312 e. The molecule has 0 radical (unpaired) electrons. The largest absolute Gasteiger partial charge is 0.312 e. The van der Waals surface area contributed by atoms with Crippen molar-refractivity contribution in [2.45, 2.75) is 24.8 Å². The van der Waals surface area contributed by atoms with Gasteiger partial charge in [0.2, 0.25) is 0 Å². The van der Waals surface area contributed by atoms with E-state index in [1.54, 1.807) is 0 Å². The minimum atomic E-state index is 0.395. The van der Waals surface area contributed by atoms with Crippen molar-refractivity contribution in [1.82, 2.24) is 5.32 Å². The Morgan fingerprint density at radius 1 is 1.05 bits per heavy atom. The smallest absolute Gasteiger partial charge is 0.0412 e. The molecule has 1 N–H and O–H groups in total. The Morgan fingerprint density at radius 3 is 2.42 bits per heavy atom. The fraction of sp³-hybridized carbons (Fsp3) is 0.294. The first-order chi connectivity index (χ1) is 9.20. The Balaban J connectivity index is 2.04. The Kier molecular flexibility index (Phi) is 5.06. The lowest BCUT2D eigenvalue weighted by molar-refractivity contribution is 0.662. The third-order valence-electron chi connectivity index (χ3n) is 3.29. The molecule has 1 nitrogen and oxygen atoms in total. The molecule has 0 aliphatic carbocycles. The Morgan fingerprint density at radius 2 is 1.79 bits per heavy atom. The molecule has 0 aromatic heterocycles. The SMILES string of the molecule is CNC(CSc1ccc(C)cc1C)c1ccccc1. The van der Waals surface area contributed by atoms with Crippen LogP contribution in [-0.4, -0.2) is 12.8 Å². The highest BCUT2D eigenvalue weighted by molar-refractivity contribution is 7.99. The molecule has 0 spiro atoms. The first-order valence-corrected chi connectivity index (χ1v) is 7.61. The highest BCUT2D eigenvalue weighted by atomic mass is 32.2. The monoisotopic (exact) mass is 271 g/mol. The van der Waals surface area contributed by atoms with E-state index in [0.29, 0.717) is 6.04 Å². The van der Waals surface area contributed by atoms with E-state index in [1.165, 1.54) is 21.6 Å². The van der Waals surface area contributed by atoms with Crippen LogP contribution in [0.1, 0.15) is 22.7 Å². The first kappa shape index (κ1) is 14.2. The Bertz CT molecular complexity index is 522. The van der Waals surface area contributed by atoms with Crippen LogP contribution in [0.5, 0.6) is 0 Å². The maximum atomic E-state index is 3.40. The summed E-state index contributed by atoms with van der Waals surface area (Å²) in [7, 11) is 2.03. The number of hydrogen-bond acceptors (Lipinski definition) is 2. The summed E-state index contributed by atoms with van der Waals surface area (Å²) in [5, 5.41) is 3.40. The van der Waals surface area contributed by atoms with Gasteiger partial charge in [-0.25, -0.2) is 0 Å². The summed E-state index contributed by atoms with van der Waals surface area (Å²) in [6.45, 7) is 4.33. The second-order valence-electron chi connectivity index (χ2n) is 4.83. The van der Waals surface area contributed by atoms with Gasteiger partial charge in [0.05, 0.1) is 0 Å². The third kappa shape index (κ3) is 3.85. The van der Waals surface area contributed by atoms with Crippen molar-refractivity contribution >= 4 is 11.8 Å². The lowest BCUT2D eigenvalue weighted by Crippen LogP contribution is -2.18. The van der Waals surface area contributed by atoms with Crippen LogP contribution < -0.4 is 5.32 Å². The van der Waals surface area contributed by atoms with Gasteiger partial charge in [0.1, 0.15) is 0 Å². The van der Waals surface area contributed by atoms with Gasteiger partial charge < -0.3 is 5.32 Å². The van der Waals surface area contributed by atoms with E-state index in [9.17, 15) is 0 Å². The van der Waals surface area contributed by atoms with Gasteiger partial charge in [0, 0.05) is 16.7 Å². The molecular formula is C17H21NS. The summed E-state index contributed by atoms with van der Waals surface area (Å²) < 4.78 is 0. The van der Waals surface area contributed by atoms with Crippen molar-refractivity contribution in [2.24, 2.45) is 0 Å². The maximum Gasteiger partial charge on any atom is 0.0412 e. The van der Waals surface area contributed by atoms with Crippen molar-refractivity contribution in [3.63, 3.8) is 0 Å². The minimum absolute atomic E-state index is 0.395. The van der Waals surface area contributed by atoms with Crippen LogP contribution >= 0.6 is 11.8 Å². The molecule has 0 saturated carbocycles. The van der Waals surface area contributed by atoms with Gasteiger partial charge in [-0.15, -0.1) is 11.8 Å². The van der Waals surface area contributed by atoms with E-state index in [2.05, 4.69) is 67.7 Å². The molecule has 1 unspecified atom stereocenters. The van der Waals surface area contributed by atoms with E-state index in [0.717, 1.165) is 5.75 Å². The lowest BCUT2D eigenvalue weighted by atomic mass is 10.1. The molecule has 0 saturated heterocycles. The average Bonchev–Trinajstić information content (AvgIpc) is 2.43. The van der Waals surface area contributed by atoms with Crippen LogP contribution in [0.4, 0.5) is 0 Å². The number of aryl methyl sites for hydroxylation is 2. The van der Waals surface area contributed by atoms with Crippen LogP contribution in [0.3, 0.4) is 0 Å². The zero-order valence-electron chi connectivity index (χ0n) is 11.8. The zero-order valence-corrected chi connectivity index (χ0v) is 12.6. The van der Waals surface area contributed by atoms with E-state index < -0.39 is 0 Å². The number of rotatable bonds is 5. The number of hydrogen-bond donors (Lipinski definition) is 1. The maximum absolute atomic E-state index is 3.40. The molecule has 0 bridgehead atoms. The van der Waals surface area contributed by atoms with Gasteiger partial charge in [-0.05, 0) is 38.1 Å². The molecule has 0 aliphatic rings. The molecule has 0 amide bonds. The first-order valence-electron chi connectivity index (χ1n) is 6.63. The summed E-state index contributed by atoms with van der Waals surface area (Å²) in [6.07, 6.45) is 0. The van der Waals surface area contributed by atoms with Crippen molar-refractivity contribution in [2.75, 3.05) is 12.8 Å². The van der Waals surface area contributed by atoms with Crippen LogP contribution in [0.25, 0.3) is 0 Å². The van der Waals surface area contributed by atoms with Crippen molar-refractivity contribution < 1.29 is 0 Å². The standard InChI is InChI=1S/C17H21NS/c1-13-9-10-17(14(2)11-13)19-12-16(18-3)15-7-5-4-6-8-15/h4-11,16,18H,12H2,1-3H3. The Hall–Kier alpha value is -1.25. The highest BCUT2D eigenvalue weighted by Gasteiger charge is 2.10. The molecule has 19 heavy (non-hydrogen) atoms. The van der Waals surface area contributed by atoms with Crippen molar-refractivity contribution in [3.05, 3.63) is 65.2 Å². The van der Waals surface area contributed by atoms with Crippen LogP contribution in [0.2, 0.25) is 0 Å². The molecular weight excluding hydrogens is 250 g/mol. The van der Waals surface area contributed by atoms with E-state index in [1.807, 2.05) is 18.8 Å². The molecule has 2 heteroatoms. The quantitative estimate of drug-likeness (QED) is 0.811. The summed E-state index contributed by atoms with van der Waals surface area (Å²) in [5.74, 6) is 1.05. The van der Waals surface area contributed by atoms with Crippen molar-refractivity contribution in [3.8, 4) is 0 Å². The van der Waals surface area contributed by atoms with Gasteiger partial charge in [-0.1, -0.05) is 48.0 Å². The molecule has 1 atom stereocenters. The fourth-order valence-corrected chi connectivity index (χ4v) is 3.32. The molecule has 0 aliphatic heterocycles. The highest BCUT2D eigenvalue weighted by Crippen LogP contribution is 2.27. The molecule has 2 rings (SSSR count). The zero-order chi connectivity index (χ0) is 13.7. The molecule has 0 heterocycles. The lowest BCUT2D eigenvalue weighted by Gasteiger charge is -2.17. The van der Waals surface area contributed by atoms with E-state index in [-0.39, 0.29) is 0 Å². The van der Waals surface area contributed by atoms with Gasteiger partial charge in [0.25, 0.3) is 0 Å². The second kappa shape index (κ2) is 6.78. The number of thioether (sulfide) groups is 1. The third-order valence-corrected chi connectivity index (χ3v) is 4.56. The Labute approximate surface area is 120 Å².